The summed E-state index contributed by atoms with van der Waals surface area (Å²) in [6, 6.07) is 13.2. The zero-order chi connectivity index (χ0) is 20.2. The summed E-state index contributed by atoms with van der Waals surface area (Å²) in [6.07, 6.45) is 7.91. The number of nitrogens with two attached hydrogens (primary N) is 2. The highest BCUT2D eigenvalue weighted by atomic mass is 16.1. The van der Waals surface area contributed by atoms with Crippen molar-refractivity contribution in [2.24, 2.45) is 11.5 Å². The molecule has 4 rings (SSSR count). The lowest BCUT2D eigenvalue weighted by Gasteiger charge is -2.30. The Bertz CT molecular complexity index is 986. The molecule has 1 fully saturated rings. The van der Waals surface area contributed by atoms with E-state index < -0.39 is 5.91 Å². The Kier molecular flexibility index (Phi) is 5.44. The normalized spacial score (nSPS) is 18.9. The van der Waals surface area contributed by atoms with Crippen LogP contribution < -0.4 is 22.1 Å². The highest BCUT2D eigenvalue weighted by molar-refractivity contribution is 5.99. The predicted molar refractivity (Wildman–Crippen MR) is 113 cm³/mol. The number of amides is 1. The molecule has 0 bridgehead atoms. The molecule has 1 aromatic carbocycles. The van der Waals surface area contributed by atoms with E-state index in [-0.39, 0.29) is 12.1 Å². The van der Waals surface area contributed by atoms with Crippen molar-refractivity contribution in [1.29, 1.82) is 0 Å². The Morgan fingerprint density at radius 1 is 1.14 bits per heavy atom. The molecule has 2 heterocycles. The molecule has 0 aliphatic heterocycles. The van der Waals surface area contributed by atoms with Gasteiger partial charge in [0.25, 0.3) is 5.91 Å². The van der Waals surface area contributed by atoms with Crippen LogP contribution in [0, 0.1) is 0 Å². The lowest BCUT2D eigenvalue weighted by molar-refractivity contribution is 0.100. The first-order valence-corrected chi connectivity index (χ1v) is 9.80. The number of rotatable bonds is 6. The first kappa shape index (κ1) is 18.9. The molecule has 0 radical (unpaired) electrons. The van der Waals surface area contributed by atoms with Crippen LogP contribution >= 0.6 is 0 Å². The maximum Gasteiger partial charge on any atom is 0.250 e. The Hall–Kier alpha value is -3.39. The summed E-state index contributed by atoms with van der Waals surface area (Å²) in [4.78, 5) is 16.5. The number of carbonyl (C=O) groups is 1. The molecule has 150 valence electrons. The van der Waals surface area contributed by atoms with E-state index in [9.17, 15) is 4.79 Å². The largest absolute Gasteiger partial charge is 0.381 e. The number of benzene rings is 1. The molecule has 1 aliphatic rings. The summed E-state index contributed by atoms with van der Waals surface area (Å²) in [7, 11) is 0. The van der Waals surface area contributed by atoms with Crippen molar-refractivity contribution in [3.05, 3.63) is 60.4 Å². The standard InChI is InChI=1S/C21H25N7O/c22-16-5-1-2-6-17(16)25-14-9-10-15(21(23)29)18(13-14)26-19-7-3-8-20(27-19)28-12-4-11-24-28/h3-4,7-13,16-17,25H,1-2,5-6,22H2,(H2,23,29)(H,26,27)/t16-,17+/m1/s1. The first-order chi connectivity index (χ1) is 14.1. The van der Waals surface area contributed by atoms with E-state index in [1.807, 2.05) is 42.6 Å². The van der Waals surface area contributed by atoms with Gasteiger partial charge < -0.3 is 22.1 Å². The molecule has 1 amide bonds. The molecule has 2 atom stereocenters. The van der Waals surface area contributed by atoms with Crippen molar-refractivity contribution in [1.82, 2.24) is 14.8 Å². The Morgan fingerprint density at radius 3 is 2.76 bits per heavy atom. The molecular weight excluding hydrogens is 366 g/mol. The van der Waals surface area contributed by atoms with Gasteiger partial charge in [0.2, 0.25) is 0 Å². The average Bonchev–Trinajstić information content (AvgIpc) is 3.25. The van der Waals surface area contributed by atoms with Gasteiger partial charge in [-0.15, -0.1) is 0 Å². The van der Waals surface area contributed by atoms with Crippen LogP contribution in [0.4, 0.5) is 17.2 Å². The highest BCUT2D eigenvalue weighted by Crippen LogP contribution is 2.27. The summed E-state index contributed by atoms with van der Waals surface area (Å²) < 4.78 is 1.67. The first-order valence-electron chi connectivity index (χ1n) is 9.80. The molecule has 2 aromatic heterocycles. The third kappa shape index (κ3) is 4.38. The van der Waals surface area contributed by atoms with Crippen molar-refractivity contribution in [3.63, 3.8) is 0 Å². The lowest BCUT2D eigenvalue weighted by Crippen LogP contribution is -2.42. The third-order valence-corrected chi connectivity index (χ3v) is 5.19. The van der Waals surface area contributed by atoms with Gasteiger partial charge in [-0.05, 0) is 49.2 Å². The number of nitrogens with zero attached hydrogens (tertiary/aromatic N) is 3. The summed E-state index contributed by atoms with van der Waals surface area (Å²) in [5.41, 5.74) is 13.7. The van der Waals surface area contributed by atoms with Gasteiger partial charge in [0, 0.05) is 30.2 Å². The zero-order valence-electron chi connectivity index (χ0n) is 16.1. The maximum absolute atomic E-state index is 11.9. The average molecular weight is 391 g/mol. The van der Waals surface area contributed by atoms with Crippen molar-refractivity contribution in [2.45, 2.75) is 37.8 Å². The van der Waals surface area contributed by atoms with Crippen molar-refractivity contribution < 1.29 is 4.79 Å². The fourth-order valence-corrected chi connectivity index (χ4v) is 3.67. The van der Waals surface area contributed by atoms with Gasteiger partial charge in [-0.25, -0.2) is 9.67 Å². The van der Waals surface area contributed by atoms with E-state index in [1.54, 1.807) is 16.9 Å². The minimum absolute atomic E-state index is 0.128. The van der Waals surface area contributed by atoms with E-state index in [4.69, 9.17) is 11.5 Å². The molecule has 6 N–H and O–H groups in total. The summed E-state index contributed by atoms with van der Waals surface area (Å²) >= 11 is 0. The van der Waals surface area contributed by atoms with Crippen molar-refractivity contribution in [2.75, 3.05) is 10.6 Å². The van der Waals surface area contributed by atoms with Gasteiger partial charge in [-0.3, -0.25) is 4.79 Å². The number of hydrogen-bond donors (Lipinski definition) is 4. The SMILES string of the molecule is NC(=O)c1ccc(N[C@H]2CCCC[C@H]2N)cc1Nc1cccc(-n2cccn2)n1. The van der Waals surface area contributed by atoms with Crippen LogP contribution in [0.15, 0.2) is 54.9 Å². The minimum atomic E-state index is -0.503. The maximum atomic E-state index is 11.9. The van der Waals surface area contributed by atoms with Gasteiger partial charge >= 0.3 is 0 Å². The monoisotopic (exact) mass is 391 g/mol. The molecule has 1 saturated carbocycles. The molecule has 3 aromatic rings. The fourth-order valence-electron chi connectivity index (χ4n) is 3.67. The van der Waals surface area contributed by atoms with Crippen LogP contribution in [-0.2, 0) is 0 Å². The Morgan fingerprint density at radius 2 is 2.00 bits per heavy atom. The number of nitrogens with one attached hydrogen (secondary N) is 2. The van der Waals surface area contributed by atoms with Crippen LogP contribution in [0.25, 0.3) is 5.82 Å². The topological polar surface area (TPSA) is 124 Å². The molecule has 8 heteroatoms. The van der Waals surface area contributed by atoms with Crippen LogP contribution in [0.2, 0.25) is 0 Å². The Balaban J connectivity index is 1.60. The van der Waals surface area contributed by atoms with Gasteiger partial charge in [0.05, 0.1) is 11.3 Å². The van der Waals surface area contributed by atoms with Crippen molar-refractivity contribution >= 4 is 23.1 Å². The number of pyridine rings is 1. The van der Waals surface area contributed by atoms with E-state index in [0.29, 0.717) is 22.9 Å². The van der Waals surface area contributed by atoms with E-state index in [1.165, 1.54) is 12.8 Å². The molecule has 0 spiro atoms. The molecule has 0 saturated heterocycles. The smallest absolute Gasteiger partial charge is 0.250 e. The van der Waals surface area contributed by atoms with Crippen LogP contribution in [0.5, 0.6) is 0 Å². The summed E-state index contributed by atoms with van der Waals surface area (Å²) in [5.74, 6) is 0.756. The van der Waals surface area contributed by atoms with Gasteiger partial charge in [0.1, 0.15) is 5.82 Å². The fraction of sp³-hybridized carbons (Fsp3) is 0.286. The number of anilines is 3. The molecule has 29 heavy (non-hydrogen) atoms. The highest BCUT2D eigenvalue weighted by Gasteiger charge is 2.22. The quantitative estimate of drug-likeness (QED) is 0.512. The molecule has 1 aliphatic carbocycles. The molecule has 0 unspecified atom stereocenters. The second-order valence-electron chi connectivity index (χ2n) is 7.28. The number of hydrogen-bond acceptors (Lipinski definition) is 6. The van der Waals surface area contributed by atoms with Crippen LogP contribution in [0.1, 0.15) is 36.0 Å². The lowest BCUT2D eigenvalue weighted by atomic mass is 9.91. The third-order valence-electron chi connectivity index (χ3n) is 5.19. The molecule has 8 nitrogen and oxygen atoms in total. The molecular formula is C21H25N7O. The zero-order valence-corrected chi connectivity index (χ0v) is 16.1. The summed E-state index contributed by atoms with van der Waals surface area (Å²) in [5, 5.41) is 10.9. The number of carbonyl (C=O) groups excluding carboxylic acids is 1. The van der Waals surface area contributed by atoms with E-state index in [0.717, 1.165) is 18.5 Å². The van der Waals surface area contributed by atoms with Crippen LogP contribution in [0.3, 0.4) is 0 Å². The van der Waals surface area contributed by atoms with Gasteiger partial charge in [-0.1, -0.05) is 18.9 Å². The van der Waals surface area contributed by atoms with E-state index >= 15 is 0 Å². The second kappa shape index (κ2) is 8.32. The predicted octanol–water partition coefficient (Wildman–Crippen LogP) is 2.79. The second-order valence-corrected chi connectivity index (χ2v) is 7.28. The number of aromatic nitrogens is 3. The number of primary amides is 1. The van der Waals surface area contributed by atoms with Crippen molar-refractivity contribution in [3.8, 4) is 5.82 Å². The minimum Gasteiger partial charge on any atom is -0.381 e. The summed E-state index contributed by atoms with van der Waals surface area (Å²) in [6.45, 7) is 0. The van der Waals surface area contributed by atoms with Crippen LogP contribution in [-0.4, -0.2) is 32.8 Å². The van der Waals surface area contributed by atoms with Gasteiger partial charge in [-0.2, -0.15) is 5.10 Å². The Labute approximate surface area is 169 Å². The van der Waals surface area contributed by atoms with E-state index in [2.05, 4.69) is 20.7 Å². The van der Waals surface area contributed by atoms with Gasteiger partial charge in [0.15, 0.2) is 5.82 Å².